The van der Waals surface area contributed by atoms with Crippen LogP contribution in [0.4, 0.5) is 0 Å². The van der Waals surface area contributed by atoms with Crippen LogP contribution in [0.1, 0.15) is 92.4 Å². The van der Waals surface area contributed by atoms with E-state index in [0.29, 0.717) is 37.1 Å². The van der Waals surface area contributed by atoms with E-state index in [1.54, 1.807) is 0 Å². The van der Waals surface area contributed by atoms with Gasteiger partial charge in [-0.3, -0.25) is 9.59 Å². The second-order valence-corrected chi connectivity index (χ2v) is 11.5. The van der Waals surface area contributed by atoms with Gasteiger partial charge in [0.2, 0.25) is 0 Å². The molecule has 1 saturated carbocycles. The van der Waals surface area contributed by atoms with Gasteiger partial charge in [0.1, 0.15) is 17.5 Å². The van der Waals surface area contributed by atoms with Crippen LogP contribution in [-0.2, 0) is 23.8 Å². The molecule has 3 fully saturated rings. The summed E-state index contributed by atoms with van der Waals surface area (Å²) in [6.07, 6.45) is 9.73. The van der Waals surface area contributed by atoms with Crippen molar-refractivity contribution in [3.63, 3.8) is 0 Å². The minimum Gasteiger partial charge on any atom is -0.459 e. The minimum atomic E-state index is -0.749. The maximum atomic E-state index is 13.4. The maximum absolute atomic E-state index is 13.4. The highest BCUT2D eigenvalue weighted by atomic mass is 16.6. The number of Topliss-reactive ketones (excluding diaryl/α,β-unsaturated/α-hetero) is 1. The average Bonchev–Trinajstić information content (AvgIpc) is 3.13. The van der Waals surface area contributed by atoms with Gasteiger partial charge < -0.3 is 14.2 Å². The van der Waals surface area contributed by atoms with Crippen LogP contribution >= 0.6 is 0 Å². The first kappa shape index (κ1) is 24.9. The molecule has 0 spiro atoms. The fourth-order valence-electron chi connectivity index (χ4n) is 6.97. The summed E-state index contributed by atoms with van der Waals surface area (Å²) in [5, 5.41) is 0. The quantitative estimate of drug-likeness (QED) is 0.279. The van der Waals surface area contributed by atoms with Gasteiger partial charge in [-0.1, -0.05) is 58.1 Å². The van der Waals surface area contributed by atoms with Crippen molar-refractivity contribution >= 4 is 11.8 Å². The number of hydrogen-bond acceptors (Lipinski definition) is 5. The normalized spacial score (nSPS) is 44.2. The van der Waals surface area contributed by atoms with Crippen molar-refractivity contribution in [3.05, 3.63) is 11.6 Å². The molecule has 0 aromatic rings. The number of ether oxygens (including phenoxy) is 3. The number of ketones is 1. The lowest BCUT2D eigenvalue weighted by molar-refractivity contribution is -0.202. The predicted molar refractivity (Wildman–Crippen MR) is 128 cm³/mol. The lowest BCUT2D eigenvalue weighted by Crippen LogP contribution is -2.56. The Morgan fingerprint density at radius 1 is 1.21 bits per heavy atom. The van der Waals surface area contributed by atoms with Crippen LogP contribution in [0.2, 0.25) is 0 Å². The molecule has 0 N–H and O–H groups in total. The lowest BCUT2D eigenvalue weighted by atomic mass is 9.60. The molecule has 5 nitrogen and oxygen atoms in total. The van der Waals surface area contributed by atoms with E-state index in [4.69, 9.17) is 14.2 Å². The molecule has 0 unspecified atom stereocenters. The molecule has 3 heterocycles. The van der Waals surface area contributed by atoms with Gasteiger partial charge >= 0.3 is 5.97 Å². The number of hydrogen-bond donors (Lipinski definition) is 0. The van der Waals surface area contributed by atoms with Crippen molar-refractivity contribution in [2.24, 2.45) is 29.6 Å². The molecule has 4 rings (SSSR count). The predicted octanol–water partition coefficient (Wildman–Crippen LogP) is 5.65. The topological polar surface area (TPSA) is 61.8 Å². The molecular weight excluding hydrogens is 416 g/mol. The standard InChI is InChI=1S/C28H44O5/c1-6-7-8-9-10-11-23(29)33-22-13-12-17(2)14-21-25-24-20(15-18(3)26(25)30)19(4)16-31-28(22,5)27(24)32-21/h12,18-22,24-25,27H,6-11,13-16H2,1-5H3/b17-12+/t18-,19+,20+,21-,22-,24+,25+,27-,28+/m1/s1. The van der Waals surface area contributed by atoms with Gasteiger partial charge in [0.25, 0.3) is 0 Å². The van der Waals surface area contributed by atoms with E-state index in [9.17, 15) is 9.59 Å². The van der Waals surface area contributed by atoms with Crippen LogP contribution in [0, 0.1) is 29.6 Å². The number of esters is 1. The van der Waals surface area contributed by atoms with E-state index in [0.717, 1.165) is 25.7 Å². The van der Waals surface area contributed by atoms with Crippen molar-refractivity contribution in [1.29, 1.82) is 0 Å². The third-order valence-electron chi connectivity index (χ3n) is 8.97. The molecule has 2 saturated heterocycles. The summed E-state index contributed by atoms with van der Waals surface area (Å²) in [6.45, 7) is 11.3. The summed E-state index contributed by atoms with van der Waals surface area (Å²) < 4.78 is 19.5. The molecule has 0 aromatic carbocycles. The fraction of sp³-hybridized carbons (Fsp3) is 0.857. The summed E-state index contributed by atoms with van der Waals surface area (Å²) in [6, 6.07) is 0. The molecule has 0 aromatic heterocycles. The van der Waals surface area contributed by atoms with Crippen LogP contribution < -0.4 is 0 Å². The second kappa shape index (κ2) is 10.2. The van der Waals surface area contributed by atoms with E-state index >= 15 is 0 Å². The Labute approximate surface area is 200 Å². The Balaban J connectivity index is 1.60. The Kier molecular flexibility index (Phi) is 7.69. The van der Waals surface area contributed by atoms with Crippen molar-refractivity contribution in [2.75, 3.05) is 6.61 Å². The van der Waals surface area contributed by atoms with E-state index < -0.39 is 11.7 Å². The minimum absolute atomic E-state index is 0.0708. The van der Waals surface area contributed by atoms with E-state index in [2.05, 4.69) is 40.7 Å². The highest BCUT2D eigenvalue weighted by Gasteiger charge is 2.64. The molecule has 1 aliphatic carbocycles. The fourth-order valence-corrected chi connectivity index (χ4v) is 6.97. The maximum Gasteiger partial charge on any atom is 0.306 e. The zero-order valence-corrected chi connectivity index (χ0v) is 21.3. The molecule has 186 valence electrons. The Hall–Kier alpha value is -1.20. The Bertz CT molecular complexity index is 759. The van der Waals surface area contributed by atoms with Gasteiger partial charge in [0.15, 0.2) is 0 Å². The third-order valence-corrected chi connectivity index (χ3v) is 8.97. The zero-order chi connectivity index (χ0) is 23.8. The number of fused-ring (bicyclic) bond motifs is 2. The van der Waals surface area contributed by atoms with Gasteiger partial charge in [-0.15, -0.1) is 0 Å². The summed E-state index contributed by atoms with van der Waals surface area (Å²) in [7, 11) is 0. The van der Waals surface area contributed by atoms with Gasteiger partial charge in [-0.2, -0.15) is 0 Å². The molecule has 5 heteroatoms. The number of unbranched alkanes of at least 4 members (excludes halogenated alkanes) is 4. The van der Waals surface area contributed by atoms with Gasteiger partial charge in [0, 0.05) is 24.7 Å². The monoisotopic (exact) mass is 460 g/mol. The Morgan fingerprint density at radius 2 is 1.97 bits per heavy atom. The van der Waals surface area contributed by atoms with Crippen LogP contribution in [0.3, 0.4) is 0 Å². The first-order valence-corrected chi connectivity index (χ1v) is 13.4. The number of rotatable bonds is 7. The Morgan fingerprint density at radius 3 is 2.73 bits per heavy atom. The lowest BCUT2D eigenvalue weighted by Gasteiger charge is -2.44. The highest BCUT2D eigenvalue weighted by Crippen LogP contribution is 2.55. The van der Waals surface area contributed by atoms with Crippen LogP contribution in [0.15, 0.2) is 11.6 Å². The average molecular weight is 461 g/mol. The summed E-state index contributed by atoms with van der Waals surface area (Å²) >= 11 is 0. The number of carbonyl (C=O) groups excluding carboxylic acids is 2. The van der Waals surface area contributed by atoms with E-state index in [-0.39, 0.29) is 35.9 Å². The highest BCUT2D eigenvalue weighted by molar-refractivity contribution is 5.85. The SMILES string of the molecule is CCCCCCCC(=O)O[C@@H]1C/C=C(\C)C[C@H]2O[C@@H]3[C@H]4[C@@H](C[C@@H](C)C(=O)[C@H]42)[C@@H](C)CO[C@]31C. The summed E-state index contributed by atoms with van der Waals surface area (Å²) in [5.41, 5.74) is 0.458. The molecule has 4 aliphatic rings. The smallest absolute Gasteiger partial charge is 0.306 e. The first-order chi connectivity index (χ1) is 15.8. The summed E-state index contributed by atoms with van der Waals surface area (Å²) in [5.74, 6) is 1.10. The van der Waals surface area contributed by atoms with Crippen molar-refractivity contribution < 1.29 is 23.8 Å². The van der Waals surface area contributed by atoms with Crippen molar-refractivity contribution in [3.8, 4) is 0 Å². The third kappa shape index (κ3) is 4.82. The van der Waals surface area contributed by atoms with Crippen LogP contribution in [0.5, 0.6) is 0 Å². The van der Waals surface area contributed by atoms with Gasteiger partial charge in [-0.25, -0.2) is 0 Å². The van der Waals surface area contributed by atoms with Crippen molar-refractivity contribution in [2.45, 2.75) is 116 Å². The molecule has 9 atom stereocenters. The van der Waals surface area contributed by atoms with Crippen molar-refractivity contribution in [1.82, 2.24) is 0 Å². The molecule has 33 heavy (non-hydrogen) atoms. The summed E-state index contributed by atoms with van der Waals surface area (Å²) in [4.78, 5) is 26.3. The van der Waals surface area contributed by atoms with Crippen LogP contribution in [0.25, 0.3) is 0 Å². The molecule has 3 aliphatic heterocycles. The molecular formula is C28H44O5. The van der Waals surface area contributed by atoms with Crippen LogP contribution in [-0.4, -0.2) is 42.3 Å². The zero-order valence-electron chi connectivity index (χ0n) is 21.3. The molecule has 0 amide bonds. The van der Waals surface area contributed by atoms with Gasteiger partial charge in [0.05, 0.1) is 24.7 Å². The second-order valence-electron chi connectivity index (χ2n) is 11.5. The molecule has 0 radical (unpaired) electrons. The molecule has 2 bridgehead atoms. The number of carbonyl (C=O) groups is 2. The van der Waals surface area contributed by atoms with E-state index in [1.807, 2.05) is 0 Å². The van der Waals surface area contributed by atoms with E-state index in [1.165, 1.54) is 24.8 Å². The van der Waals surface area contributed by atoms with Gasteiger partial charge in [-0.05, 0) is 44.9 Å². The largest absolute Gasteiger partial charge is 0.459 e. The first-order valence-electron chi connectivity index (χ1n) is 13.4.